The Balaban J connectivity index is 1.27. The molecule has 3 heterocycles. The topological polar surface area (TPSA) is 93.4 Å². The second kappa shape index (κ2) is 11.2. The van der Waals surface area contributed by atoms with E-state index in [0.717, 1.165) is 21.8 Å². The molecule has 6 rings (SSSR count). The highest BCUT2D eigenvalue weighted by Gasteiger charge is 2.56. The number of carbonyl (C=O) groups excluding carboxylic acids is 1. The van der Waals surface area contributed by atoms with Crippen LogP contribution in [-0.2, 0) is 20.9 Å². The van der Waals surface area contributed by atoms with Gasteiger partial charge in [0.05, 0.1) is 11.3 Å². The summed E-state index contributed by atoms with van der Waals surface area (Å²) in [5.41, 5.74) is 3.14. The minimum absolute atomic E-state index is 0.0229. The maximum absolute atomic E-state index is 13.4. The van der Waals surface area contributed by atoms with Crippen molar-refractivity contribution in [3.63, 3.8) is 0 Å². The van der Waals surface area contributed by atoms with Crippen molar-refractivity contribution >= 4 is 27.8 Å². The molecule has 1 saturated heterocycles. The number of benzene rings is 3. The van der Waals surface area contributed by atoms with Crippen molar-refractivity contribution in [3.05, 3.63) is 101 Å². The third-order valence-electron chi connectivity index (χ3n) is 7.91. The number of hydrogen-bond donors (Lipinski definition) is 2. The number of likely N-dealkylation sites (tertiary alicyclic amines) is 1. The number of rotatable bonds is 8. The van der Waals surface area contributed by atoms with Crippen molar-refractivity contribution in [2.75, 3.05) is 20.3 Å². The first-order valence-corrected chi connectivity index (χ1v) is 13.8. The van der Waals surface area contributed by atoms with Gasteiger partial charge in [-0.3, -0.25) is 9.63 Å². The number of carbonyl (C=O) groups is 1. The van der Waals surface area contributed by atoms with Crippen molar-refractivity contribution in [3.8, 4) is 17.0 Å². The zero-order chi connectivity index (χ0) is 30.2. The lowest BCUT2D eigenvalue weighted by molar-refractivity contribution is -1.11. The summed E-state index contributed by atoms with van der Waals surface area (Å²) in [6, 6.07) is 24.8. The first-order valence-electron chi connectivity index (χ1n) is 13.8. The molecule has 11 heteroatoms. The van der Waals surface area contributed by atoms with E-state index in [-0.39, 0.29) is 25.3 Å². The highest BCUT2D eigenvalue weighted by molar-refractivity contribution is 5.89. The van der Waals surface area contributed by atoms with E-state index >= 15 is 0 Å². The number of pyridine rings is 1. The Hall–Kier alpha value is -4.61. The fourth-order valence-electron chi connectivity index (χ4n) is 5.77. The molecule has 43 heavy (non-hydrogen) atoms. The molecular formula is C32H29F3N3O5+. The first-order chi connectivity index (χ1) is 20.6. The zero-order valence-corrected chi connectivity index (χ0v) is 23.2. The molecule has 0 spiro atoms. The molecule has 2 N–H and O–H groups in total. The van der Waals surface area contributed by atoms with Gasteiger partial charge >= 0.3 is 12.1 Å². The molecule has 1 fully saturated rings. The van der Waals surface area contributed by atoms with Crippen LogP contribution in [0.15, 0.2) is 89.7 Å². The summed E-state index contributed by atoms with van der Waals surface area (Å²) < 4.78 is 51.1. The number of hydrogen-bond acceptors (Lipinski definition) is 5. The Labute approximate surface area is 244 Å². The van der Waals surface area contributed by atoms with E-state index in [1.165, 1.54) is 7.11 Å². The number of nitrogens with zero attached hydrogens (tertiary/aromatic N) is 1. The highest BCUT2D eigenvalue weighted by atomic mass is 19.4. The van der Waals surface area contributed by atoms with Gasteiger partial charge in [-0.2, -0.15) is 13.2 Å². The molecule has 3 aromatic carbocycles. The van der Waals surface area contributed by atoms with Crippen LogP contribution in [0.3, 0.4) is 0 Å². The highest BCUT2D eigenvalue weighted by Crippen LogP contribution is 2.35. The Morgan fingerprint density at radius 2 is 1.67 bits per heavy atom. The van der Waals surface area contributed by atoms with Crippen LogP contribution < -0.4 is 10.3 Å². The summed E-state index contributed by atoms with van der Waals surface area (Å²) in [6.07, 6.45) is -5.26. The van der Waals surface area contributed by atoms with E-state index in [9.17, 15) is 22.8 Å². The second-order valence-corrected chi connectivity index (χ2v) is 10.7. The number of H-pyrrole nitrogens is 2. The van der Waals surface area contributed by atoms with Gasteiger partial charge in [0.2, 0.25) is 0 Å². The lowest BCUT2D eigenvalue weighted by Crippen LogP contribution is -2.56. The number of aromatic nitrogens is 2. The van der Waals surface area contributed by atoms with Crippen LogP contribution in [-0.4, -0.2) is 59.2 Å². The molecule has 0 aliphatic carbocycles. The zero-order valence-electron chi connectivity index (χ0n) is 23.2. The number of ether oxygens (including phenoxy) is 2. The average Bonchev–Trinajstić information content (AvgIpc) is 3.56. The number of nitrogens with one attached hydrogen (secondary N) is 2. The number of hydroxylamine groups is 3. The normalized spacial score (nSPS) is 20.5. The molecule has 1 aliphatic heterocycles. The summed E-state index contributed by atoms with van der Waals surface area (Å²) in [5, 5.41) is 1.68. The van der Waals surface area contributed by atoms with Crippen molar-refractivity contribution in [2.45, 2.75) is 31.3 Å². The standard InChI is InChI=1S/C32H28F3N3O5/c1-41-25-16-23(38(18-25,43-31(40)32(33,34)35)17-20-7-3-2-4-8-20)19-42-24-11-12-28-22(13-24)15-29(36-28)26-14-21-9-5-6-10-27(21)37-30(26)39/h2-15,23,25,36H,16-19H2,1H3/p+1/t23-,25-,38?/m1/s1. The van der Waals surface area contributed by atoms with Gasteiger partial charge in [-0.05, 0) is 41.8 Å². The largest absolute Gasteiger partial charge is 0.497 e. The van der Waals surface area contributed by atoms with E-state index in [4.69, 9.17) is 14.3 Å². The minimum Gasteiger partial charge on any atom is -0.487 e. The number of methoxy groups -OCH3 is 1. The fourth-order valence-corrected chi connectivity index (χ4v) is 5.77. The van der Waals surface area contributed by atoms with Crippen LogP contribution in [0, 0.1) is 0 Å². The molecule has 0 amide bonds. The average molecular weight is 593 g/mol. The predicted molar refractivity (Wildman–Crippen MR) is 154 cm³/mol. The molecule has 2 aromatic heterocycles. The third-order valence-corrected chi connectivity index (χ3v) is 7.91. The molecule has 1 unspecified atom stereocenters. The Morgan fingerprint density at radius 1 is 0.930 bits per heavy atom. The van der Waals surface area contributed by atoms with Gasteiger partial charge < -0.3 is 19.4 Å². The molecule has 3 atom stereocenters. The van der Waals surface area contributed by atoms with Crippen LogP contribution >= 0.6 is 0 Å². The van der Waals surface area contributed by atoms with Crippen LogP contribution in [0.2, 0.25) is 0 Å². The van der Waals surface area contributed by atoms with Crippen LogP contribution in [0.5, 0.6) is 5.75 Å². The second-order valence-electron chi connectivity index (χ2n) is 10.7. The molecule has 0 radical (unpaired) electrons. The summed E-state index contributed by atoms with van der Waals surface area (Å²) in [6.45, 7) is 0.0454. The maximum atomic E-state index is 13.4. The first kappa shape index (κ1) is 28.5. The predicted octanol–water partition coefficient (Wildman–Crippen LogP) is 5.88. The van der Waals surface area contributed by atoms with Crippen LogP contribution in [0.4, 0.5) is 13.2 Å². The molecule has 0 bridgehead atoms. The van der Waals surface area contributed by atoms with Crippen LogP contribution in [0.1, 0.15) is 12.0 Å². The Bertz CT molecular complexity index is 1840. The summed E-state index contributed by atoms with van der Waals surface area (Å²) in [5.74, 6) is -1.78. The molecule has 1 aliphatic rings. The Morgan fingerprint density at radius 3 is 2.44 bits per heavy atom. The van der Waals surface area contributed by atoms with Gasteiger partial charge in [0, 0.05) is 35.5 Å². The van der Waals surface area contributed by atoms with E-state index in [1.54, 1.807) is 42.5 Å². The number of alkyl halides is 3. The van der Waals surface area contributed by atoms with Crippen molar-refractivity contribution in [1.82, 2.24) is 9.97 Å². The number of aromatic amines is 2. The van der Waals surface area contributed by atoms with Gasteiger partial charge in [0.25, 0.3) is 5.56 Å². The Kier molecular flexibility index (Phi) is 7.45. The number of para-hydroxylation sites is 1. The lowest BCUT2D eigenvalue weighted by Gasteiger charge is -2.35. The fraction of sp³-hybridized carbons (Fsp3) is 0.250. The van der Waals surface area contributed by atoms with Crippen molar-refractivity contribution in [2.24, 2.45) is 0 Å². The molecule has 0 saturated carbocycles. The molecule has 222 valence electrons. The third kappa shape index (κ3) is 5.86. The van der Waals surface area contributed by atoms with E-state index in [2.05, 4.69) is 9.97 Å². The van der Waals surface area contributed by atoms with E-state index in [0.29, 0.717) is 29.0 Å². The monoisotopic (exact) mass is 592 g/mol. The summed E-state index contributed by atoms with van der Waals surface area (Å²) in [7, 11) is 1.48. The van der Waals surface area contributed by atoms with Gasteiger partial charge in [-0.15, -0.1) is 4.65 Å². The SMILES string of the molecule is CO[C@@H]1C[C@H](COc2ccc3[nH]c(-c4cc5ccccc5[nH]c4=O)cc3c2)[N+](Cc2ccccc2)(OC(=O)C(F)(F)F)C1. The van der Waals surface area contributed by atoms with Gasteiger partial charge in [0.15, 0.2) is 6.04 Å². The summed E-state index contributed by atoms with van der Waals surface area (Å²) >= 11 is 0. The van der Waals surface area contributed by atoms with Crippen LogP contribution in [0.25, 0.3) is 33.1 Å². The van der Waals surface area contributed by atoms with E-state index < -0.39 is 28.9 Å². The van der Waals surface area contributed by atoms with Gasteiger partial charge in [0.1, 0.15) is 31.5 Å². The van der Waals surface area contributed by atoms with Gasteiger partial charge in [-0.1, -0.05) is 48.5 Å². The minimum atomic E-state index is -5.15. The van der Waals surface area contributed by atoms with Crippen molar-refractivity contribution in [1.29, 1.82) is 0 Å². The number of halogens is 3. The van der Waals surface area contributed by atoms with Crippen molar-refractivity contribution < 1.29 is 36.9 Å². The number of fused-ring (bicyclic) bond motifs is 2. The molecular weight excluding hydrogens is 563 g/mol. The smallest absolute Gasteiger partial charge is 0.487 e. The maximum Gasteiger partial charge on any atom is 0.497 e. The number of quaternary nitrogens is 1. The molecule has 8 nitrogen and oxygen atoms in total. The summed E-state index contributed by atoms with van der Waals surface area (Å²) in [4.78, 5) is 36.3. The van der Waals surface area contributed by atoms with E-state index in [1.807, 2.05) is 42.5 Å². The van der Waals surface area contributed by atoms with Gasteiger partial charge in [-0.25, -0.2) is 4.79 Å². The molecule has 5 aromatic rings. The lowest BCUT2D eigenvalue weighted by atomic mass is 10.1. The quantitative estimate of drug-likeness (QED) is 0.220.